The number of nitrogens with two attached hydrogens (primary N) is 1. The highest BCUT2D eigenvalue weighted by Crippen LogP contribution is 2.08. The van der Waals surface area contributed by atoms with Gasteiger partial charge in [0.15, 0.2) is 0 Å². The van der Waals surface area contributed by atoms with Gasteiger partial charge in [-0.25, -0.2) is 0 Å². The summed E-state index contributed by atoms with van der Waals surface area (Å²) in [7, 11) is 0. The molecule has 1 fully saturated rings. The van der Waals surface area contributed by atoms with Crippen LogP contribution < -0.4 is 5.73 Å². The molecule has 3 N–H and O–H groups in total. The summed E-state index contributed by atoms with van der Waals surface area (Å²) in [4.78, 5) is 0. The molecule has 1 atom stereocenters. The van der Waals surface area contributed by atoms with Gasteiger partial charge in [-0.2, -0.15) is 0 Å². The summed E-state index contributed by atoms with van der Waals surface area (Å²) in [6.45, 7) is 0. The summed E-state index contributed by atoms with van der Waals surface area (Å²) in [6, 6.07) is 0.134. The molecule has 0 aliphatic heterocycles. The molecule has 28 valence electrons. The van der Waals surface area contributed by atoms with Crippen molar-refractivity contribution in [1.82, 2.24) is 0 Å². The molecule has 2 heteroatoms. The van der Waals surface area contributed by atoms with E-state index in [1.165, 1.54) is 0 Å². The van der Waals surface area contributed by atoms with E-state index in [0.717, 1.165) is 6.42 Å². The van der Waals surface area contributed by atoms with Gasteiger partial charge >= 0.3 is 0 Å². The number of nitrogens with one attached hydrogen (secondary N) is 1. The maximum Gasteiger partial charge on any atom is 0.0477 e. The Morgan fingerprint density at radius 3 is 2.20 bits per heavy atom. The summed E-state index contributed by atoms with van der Waals surface area (Å²) >= 11 is 0. The summed E-state index contributed by atoms with van der Waals surface area (Å²) in [5.74, 6) is 0. The van der Waals surface area contributed by atoms with E-state index in [1.54, 1.807) is 0 Å². The van der Waals surface area contributed by atoms with E-state index < -0.39 is 0 Å². The van der Waals surface area contributed by atoms with E-state index >= 15 is 0 Å². The van der Waals surface area contributed by atoms with Crippen LogP contribution >= 0.6 is 0 Å². The van der Waals surface area contributed by atoms with Crippen molar-refractivity contribution < 1.29 is 0 Å². The first-order chi connectivity index (χ1) is 2.30. The van der Waals surface area contributed by atoms with E-state index in [4.69, 9.17) is 11.1 Å². The van der Waals surface area contributed by atoms with Crippen LogP contribution in [-0.2, 0) is 0 Å². The third-order valence-corrected chi connectivity index (χ3v) is 0.727. The SMILES string of the molecule is N=C1CC1N. The van der Waals surface area contributed by atoms with E-state index in [2.05, 4.69) is 0 Å². The third-order valence-electron chi connectivity index (χ3n) is 0.727. The Bertz CT molecular complexity index is 67.3. The van der Waals surface area contributed by atoms with Crippen LogP contribution in [0, 0.1) is 5.41 Å². The second-order valence-corrected chi connectivity index (χ2v) is 1.34. The summed E-state index contributed by atoms with van der Waals surface area (Å²) in [6.07, 6.45) is 0.833. The Morgan fingerprint density at radius 2 is 2.20 bits per heavy atom. The van der Waals surface area contributed by atoms with Crippen molar-refractivity contribution in [3.8, 4) is 0 Å². The third kappa shape index (κ3) is 0.304. The minimum Gasteiger partial charge on any atom is -0.323 e. The Hall–Kier alpha value is -0.370. The molecule has 0 heterocycles. The van der Waals surface area contributed by atoms with Crippen LogP contribution in [0.5, 0.6) is 0 Å². The lowest BCUT2D eigenvalue weighted by atomic mass is 10.8. The Morgan fingerprint density at radius 1 is 2.00 bits per heavy atom. The van der Waals surface area contributed by atoms with E-state index in [9.17, 15) is 0 Å². The molecular weight excluding hydrogens is 64.0 g/mol. The fraction of sp³-hybridized carbons (Fsp3) is 0.667. The Kier molecular flexibility index (Phi) is 0.325. The second-order valence-electron chi connectivity index (χ2n) is 1.34. The molecule has 0 radical (unpaired) electrons. The van der Waals surface area contributed by atoms with Gasteiger partial charge in [-0.15, -0.1) is 0 Å². The molecule has 0 aromatic heterocycles. The van der Waals surface area contributed by atoms with Crippen LogP contribution in [0.15, 0.2) is 0 Å². The molecule has 1 aliphatic rings. The highest BCUT2D eigenvalue weighted by molar-refractivity contribution is 6.01. The van der Waals surface area contributed by atoms with Crippen molar-refractivity contribution in [3.05, 3.63) is 0 Å². The number of hydrogen-bond acceptors (Lipinski definition) is 2. The predicted molar refractivity (Wildman–Crippen MR) is 20.3 cm³/mol. The second kappa shape index (κ2) is 0.571. The first-order valence-electron chi connectivity index (χ1n) is 1.63. The molecule has 0 saturated heterocycles. The van der Waals surface area contributed by atoms with Gasteiger partial charge in [0.05, 0.1) is 0 Å². The average Bonchev–Trinajstić information content (AvgIpc) is 1.79. The molecule has 1 aliphatic carbocycles. The zero-order valence-electron chi connectivity index (χ0n) is 2.86. The van der Waals surface area contributed by atoms with Crippen molar-refractivity contribution in [3.63, 3.8) is 0 Å². The molecule has 0 aromatic rings. The fourth-order valence-electron chi connectivity index (χ4n) is 0.178. The molecule has 1 unspecified atom stereocenters. The maximum atomic E-state index is 6.69. The molecular formula is C3H6N2. The lowest BCUT2D eigenvalue weighted by molar-refractivity contribution is 1.11. The molecule has 5 heavy (non-hydrogen) atoms. The summed E-state index contributed by atoms with van der Waals surface area (Å²) in [5.41, 5.74) is 5.84. The van der Waals surface area contributed by atoms with E-state index in [1.807, 2.05) is 0 Å². The quantitative estimate of drug-likeness (QED) is 0.405. The molecule has 0 bridgehead atoms. The van der Waals surface area contributed by atoms with Gasteiger partial charge in [-0.05, 0) is 0 Å². The van der Waals surface area contributed by atoms with Gasteiger partial charge in [0.25, 0.3) is 0 Å². The highest BCUT2D eigenvalue weighted by atomic mass is 14.8. The van der Waals surface area contributed by atoms with Crippen LogP contribution in [0.4, 0.5) is 0 Å². The lowest BCUT2D eigenvalue weighted by Crippen LogP contribution is -1.99. The van der Waals surface area contributed by atoms with Gasteiger partial charge in [0.2, 0.25) is 0 Å². The summed E-state index contributed by atoms with van der Waals surface area (Å²) in [5, 5.41) is 6.69. The Labute approximate surface area is 30.5 Å². The fourth-order valence-corrected chi connectivity index (χ4v) is 0.178. The molecule has 1 saturated carbocycles. The van der Waals surface area contributed by atoms with E-state index in [-0.39, 0.29) is 6.04 Å². The normalized spacial score (nSPS) is 34.6. The Balaban J connectivity index is 2.47. The average molecular weight is 70.1 g/mol. The molecule has 0 spiro atoms. The van der Waals surface area contributed by atoms with Crippen molar-refractivity contribution in [2.75, 3.05) is 0 Å². The van der Waals surface area contributed by atoms with Gasteiger partial charge in [-0.1, -0.05) is 0 Å². The van der Waals surface area contributed by atoms with Crippen molar-refractivity contribution in [1.29, 1.82) is 5.41 Å². The van der Waals surface area contributed by atoms with Crippen LogP contribution in [0.3, 0.4) is 0 Å². The van der Waals surface area contributed by atoms with Crippen LogP contribution in [0.25, 0.3) is 0 Å². The van der Waals surface area contributed by atoms with Crippen molar-refractivity contribution in [2.24, 2.45) is 5.73 Å². The first-order valence-corrected chi connectivity index (χ1v) is 1.63. The predicted octanol–water partition coefficient (Wildman–Crippen LogP) is -0.263. The number of rotatable bonds is 0. The largest absolute Gasteiger partial charge is 0.323 e. The first kappa shape index (κ1) is 2.85. The topological polar surface area (TPSA) is 49.9 Å². The van der Waals surface area contributed by atoms with Gasteiger partial charge in [0.1, 0.15) is 0 Å². The minimum atomic E-state index is 0.134. The van der Waals surface area contributed by atoms with Gasteiger partial charge < -0.3 is 11.1 Å². The molecule has 0 amide bonds. The van der Waals surface area contributed by atoms with Crippen molar-refractivity contribution in [2.45, 2.75) is 12.5 Å². The van der Waals surface area contributed by atoms with Gasteiger partial charge in [-0.3, -0.25) is 0 Å². The zero-order valence-corrected chi connectivity index (χ0v) is 2.86. The minimum absolute atomic E-state index is 0.134. The maximum absolute atomic E-state index is 6.69. The van der Waals surface area contributed by atoms with Crippen molar-refractivity contribution >= 4 is 5.71 Å². The van der Waals surface area contributed by atoms with Crippen LogP contribution in [0.1, 0.15) is 6.42 Å². The lowest BCUT2D eigenvalue weighted by Gasteiger charge is -1.59. The monoisotopic (exact) mass is 70.1 g/mol. The number of hydrogen-bond donors (Lipinski definition) is 2. The van der Waals surface area contributed by atoms with E-state index in [0.29, 0.717) is 5.71 Å². The van der Waals surface area contributed by atoms with Crippen LogP contribution in [0.2, 0.25) is 0 Å². The smallest absolute Gasteiger partial charge is 0.0477 e. The van der Waals surface area contributed by atoms with Crippen LogP contribution in [-0.4, -0.2) is 11.8 Å². The zero-order chi connectivity index (χ0) is 3.86. The molecule has 2 nitrogen and oxygen atoms in total. The molecule has 1 rings (SSSR count). The molecule has 0 aromatic carbocycles. The summed E-state index contributed by atoms with van der Waals surface area (Å²) < 4.78 is 0. The highest BCUT2D eigenvalue weighted by Gasteiger charge is 2.23. The van der Waals surface area contributed by atoms with Gasteiger partial charge in [0, 0.05) is 18.2 Å². The standard InChI is InChI=1S/C3H6N2/c4-2-1-3(2)5/h2,5H,1,4H2.